The van der Waals surface area contributed by atoms with Crippen LogP contribution in [-0.4, -0.2) is 67.9 Å². The van der Waals surface area contributed by atoms with Crippen molar-refractivity contribution >= 4 is 17.6 Å². The third-order valence-corrected chi connectivity index (χ3v) is 4.93. The number of imidazole rings is 1. The highest BCUT2D eigenvalue weighted by atomic mass is 16.2. The number of nitrogens with zero attached hydrogens (tertiary/aromatic N) is 7. The zero-order chi connectivity index (χ0) is 19.3. The predicted molar refractivity (Wildman–Crippen MR) is 105 cm³/mol. The maximum Gasteiger partial charge on any atom is 0.234 e. The quantitative estimate of drug-likeness (QED) is 0.679. The first-order valence-corrected chi connectivity index (χ1v) is 9.56. The number of carbonyl (C=O) groups excluding carboxylic acids is 1. The normalized spacial score (nSPS) is 16.2. The Morgan fingerprint density at radius 2 is 1.86 bits per heavy atom. The first-order chi connectivity index (χ1) is 13.7. The maximum atomic E-state index is 12.6. The molecule has 3 aromatic heterocycles. The van der Waals surface area contributed by atoms with E-state index in [1.165, 1.54) is 0 Å². The summed E-state index contributed by atoms with van der Waals surface area (Å²) in [6.45, 7) is 5.66. The van der Waals surface area contributed by atoms with E-state index in [0.29, 0.717) is 12.3 Å². The molecule has 1 aliphatic rings. The van der Waals surface area contributed by atoms with Gasteiger partial charge in [-0.3, -0.25) is 14.1 Å². The van der Waals surface area contributed by atoms with Gasteiger partial charge in [0.25, 0.3) is 0 Å². The zero-order valence-electron chi connectivity index (χ0n) is 15.9. The van der Waals surface area contributed by atoms with Crippen molar-refractivity contribution in [3.8, 4) is 0 Å². The van der Waals surface area contributed by atoms with Crippen LogP contribution in [0.15, 0.2) is 43.1 Å². The highest BCUT2D eigenvalue weighted by molar-refractivity contribution is 5.78. The zero-order valence-corrected chi connectivity index (χ0v) is 15.9. The number of carbonyl (C=O) groups is 1. The third-order valence-electron chi connectivity index (χ3n) is 4.93. The summed E-state index contributed by atoms with van der Waals surface area (Å²) in [5, 5.41) is 3.11. The molecule has 1 N–H and O–H groups in total. The summed E-state index contributed by atoms with van der Waals surface area (Å²) in [7, 11) is 0. The molecular formula is C19H24N8O. The number of hydrogen-bond acceptors (Lipinski definition) is 7. The lowest BCUT2D eigenvalue weighted by Crippen LogP contribution is -2.50. The van der Waals surface area contributed by atoms with Gasteiger partial charge < -0.3 is 10.2 Å². The van der Waals surface area contributed by atoms with Crippen LogP contribution in [0.2, 0.25) is 0 Å². The van der Waals surface area contributed by atoms with E-state index in [1.54, 1.807) is 18.6 Å². The summed E-state index contributed by atoms with van der Waals surface area (Å²) < 4.78 is 1.87. The first-order valence-electron chi connectivity index (χ1n) is 9.56. The van der Waals surface area contributed by atoms with Crippen LogP contribution in [0, 0.1) is 0 Å². The van der Waals surface area contributed by atoms with Gasteiger partial charge in [0.1, 0.15) is 0 Å². The van der Waals surface area contributed by atoms with E-state index in [9.17, 15) is 4.79 Å². The van der Waals surface area contributed by atoms with Crippen molar-refractivity contribution < 1.29 is 4.79 Å². The molecule has 0 bridgehead atoms. The van der Waals surface area contributed by atoms with Gasteiger partial charge in [-0.05, 0) is 18.6 Å². The molecule has 0 spiro atoms. The molecule has 28 heavy (non-hydrogen) atoms. The number of fused-ring (bicyclic) bond motifs is 1. The Labute approximate surface area is 163 Å². The van der Waals surface area contributed by atoms with Crippen LogP contribution in [0.4, 0.5) is 5.95 Å². The topological polar surface area (TPSA) is 91.6 Å². The summed E-state index contributed by atoms with van der Waals surface area (Å²) in [5.41, 5.74) is 0.834. The number of aromatic nitrogens is 5. The molecule has 4 heterocycles. The average Bonchev–Trinajstić information content (AvgIpc) is 3.17. The Kier molecular flexibility index (Phi) is 5.43. The molecule has 146 valence electrons. The molecule has 1 unspecified atom stereocenters. The monoisotopic (exact) mass is 380 g/mol. The van der Waals surface area contributed by atoms with Gasteiger partial charge in [0, 0.05) is 57.2 Å². The molecule has 4 rings (SSSR count). The second-order valence-electron chi connectivity index (χ2n) is 6.83. The average molecular weight is 380 g/mol. The Hall–Kier alpha value is -3.07. The number of nitrogens with one attached hydrogen (secondary N) is 1. The van der Waals surface area contributed by atoms with Crippen LogP contribution >= 0.6 is 0 Å². The highest BCUT2D eigenvalue weighted by Crippen LogP contribution is 2.16. The molecule has 1 atom stereocenters. The Bertz CT molecular complexity index is 887. The van der Waals surface area contributed by atoms with Crippen molar-refractivity contribution in [1.29, 1.82) is 0 Å². The molecule has 1 saturated heterocycles. The van der Waals surface area contributed by atoms with Crippen LogP contribution in [0.3, 0.4) is 0 Å². The SMILES string of the molecule is CCC(NC(=O)CN1CCN(c2ncccn2)CC1)c1cn2cccnc2n1. The fourth-order valence-corrected chi connectivity index (χ4v) is 3.41. The molecule has 1 aliphatic heterocycles. The summed E-state index contributed by atoms with van der Waals surface area (Å²) in [4.78, 5) is 34.2. The standard InChI is InChI=1S/C19H24N8O/c1-2-15(16-13-27-8-4-7-22-19(27)24-16)23-17(28)14-25-9-11-26(12-10-25)18-20-5-3-6-21-18/h3-8,13,15H,2,9-12,14H2,1H3,(H,23,28). The van der Waals surface area contributed by atoms with E-state index < -0.39 is 0 Å². The second kappa shape index (κ2) is 8.30. The number of amides is 1. The highest BCUT2D eigenvalue weighted by Gasteiger charge is 2.22. The molecule has 0 saturated carbocycles. The van der Waals surface area contributed by atoms with Crippen molar-refractivity contribution in [3.05, 3.63) is 48.8 Å². The summed E-state index contributed by atoms with van der Waals surface area (Å²) in [6.07, 6.45) is 9.82. The van der Waals surface area contributed by atoms with Gasteiger partial charge in [-0.2, -0.15) is 0 Å². The first kappa shape index (κ1) is 18.3. The van der Waals surface area contributed by atoms with Crippen LogP contribution in [-0.2, 0) is 4.79 Å². The van der Waals surface area contributed by atoms with Crippen molar-refractivity contribution in [2.24, 2.45) is 0 Å². The van der Waals surface area contributed by atoms with Crippen LogP contribution in [0.5, 0.6) is 0 Å². The van der Waals surface area contributed by atoms with Crippen LogP contribution in [0.25, 0.3) is 5.78 Å². The molecule has 9 heteroatoms. The van der Waals surface area contributed by atoms with Gasteiger partial charge in [0.15, 0.2) is 0 Å². The summed E-state index contributed by atoms with van der Waals surface area (Å²) in [6, 6.07) is 3.55. The van der Waals surface area contributed by atoms with E-state index in [2.05, 4.69) is 35.1 Å². The smallest absolute Gasteiger partial charge is 0.234 e. The van der Waals surface area contributed by atoms with Gasteiger partial charge in [-0.25, -0.2) is 19.9 Å². The van der Waals surface area contributed by atoms with Crippen LogP contribution < -0.4 is 10.2 Å². The summed E-state index contributed by atoms with van der Waals surface area (Å²) >= 11 is 0. The minimum Gasteiger partial charge on any atom is -0.347 e. The van der Waals surface area contributed by atoms with Crippen molar-refractivity contribution in [3.63, 3.8) is 0 Å². The van der Waals surface area contributed by atoms with E-state index in [-0.39, 0.29) is 11.9 Å². The molecule has 0 radical (unpaired) electrons. The number of rotatable bonds is 6. The van der Waals surface area contributed by atoms with Crippen LogP contribution in [0.1, 0.15) is 25.1 Å². The number of piperazine rings is 1. The fourth-order valence-electron chi connectivity index (χ4n) is 3.41. The van der Waals surface area contributed by atoms with E-state index in [0.717, 1.165) is 44.2 Å². The number of hydrogen-bond donors (Lipinski definition) is 1. The van der Waals surface area contributed by atoms with Gasteiger partial charge in [-0.1, -0.05) is 6.92 Å². The van der Waals surface area contributed by atoms with Crippen molar-refractivity contribution in [2.45, 2.75) is 19.4 Å². The Morgan fingerprint density at radius 3 is 2.57 bits per heavy atom. The number of anilines is 1. The molecule has 0 aromatic carbocycles. The predicted octanol–water partition coefficient (Wildman–Crippen LogP) is 0.909. The van der Waals surface area contributed by atoms with Gasteiger partial charge >= 0.3 is 0 Å². The van der Waals surface area contributed by atoms with E-state index >= 15 is 0 Å². The lowest BCUT2D eigenvalue weighted by Gasteiger charge is -2.34. The van der Waals surface area contributed by atoms with Gasteiger partial charge in [-0.15, -0.1) is 0 Å². The fraction of sp³-hybridized carbons (Fsp3) is 0.421. The molecular weight excluding hydrogens is 356 g/mol. The molecule has 9 nitrogen and oxygen atoms in total. The largest absolute Gasteiger partial charge is 0.347 e. The van der Waals surface area contributed by atoms with E-state index in [4.69, 9.17) is 0 Å². The molecule has 0 aliphatic carbocycles. The van der Waals surface area contributed by atoms with Crippen molar-refractivity contribution in [2.75, 3.05) is 37.6 Å². The minimum absolute atomic E-state index is 0.0151. The molecule has 1 amide bonds. The van der Waals surface area contributed by atoms with Crippen molar-refractivity contribution in [1.82, 2.24) is 34.6 Å². The summed E-state index contributed by atoms with van der Waals surface area (Å²) in [5.74, 6) is 1.41. The lowest BCUT2D eigenvalue weighted by molar-refractivity contribution is -0.123. The Morgan fingerprint density at radius 1 is 1.11 bits per heavy atom. The second-order valence-corrected chi connectivity index (χ2v) is 6.83. The molecule has 1 fully saturated rings. The lowest BCUT2D eigenvalue weighted by atomic mass is 10.1. The molecule has 3 aromatic rings. The van der Waals surface area contributed by atoms with Gasteiger partial charge in [0.05, 0.1) is 18.3 Å². The van der Waals surface area contributed by atoms with Gasteiger partial charge in [0.2, 0.25) is 17.6 Å². The van der Waals surface area contributed by atoms with E-state index in [1.807, 2.05) is 35.9 Å². The maximum absolute atomic E-state index is 12.6. The minimum atomic E-state index is -0.117. The Balaban J connectivity index is 1.31. The third kappa shape index (κ3) is 4.09.